The van der Waals surface area contributed by atoms with Crippen molar-refractivity contribution in [2.24, 2.45) is 5.92 Å². The lowest BCUT2D eigenvalue weighted by Gasteiger charge is -2.32. The molecule has 7 nitrogen and oxygen atoms in total. The highest BCUT2D eigenvalue weighted by atomic mass is 32.1. The molecule has 0 radical (unpaired) electrons. The lowest BCUT2D eigenvalue weighted by Crippen LogP contribution is -2.39. The molecular formula is C37H48F3N5O2S. The third-order valence-corrected chi connectivity index (χ3v) is 10.2. The topological polar surface area (TPSA) is 71.5 Å². The van der Waals surface area contributed by atoms with Crippen LogP contribution >= 0.6 is 11.3 Å². The van der Waals surface area contributed by atoms with Crippen molar-refractivity contribution in [3.8, 4) is 22.6 Å². The number of unbranched alkanes of at least 4 members (excludes halogenated alkanes) is 4. The number of aryl methyl sites for hydroxylation is 1. The van der Waals surface area contributed by atoms with Gasteiger partial charge in [-0.3, -0.25) is 0 Å². The van der Waals surface area contributed by atoms with Crippen LogP contribution in [0.1, 0.15) is 74.2 Å². The highest BCUT2D eigenvalue weighted by Gasteiger charge is 2.40. The minimum atomic E-state index is -4.05. The fourth-order valence-corrected chi connectivity index (χ4v) is 7.33. The highest BCUT2D eigenvalue weighted by molar-refractivity contribution is 7.10. The van der Waals surface area contributed by atoms with E-state index in [-0.39, 0.29) is 18.9 Å². The molecule has 0 saturated carbocycles. The summed E-state index contributed by atoms with van der Waals surface area (Å²) < 4.78 is 50.6. The minimum absolute atomic E-state index is 0.0289. The number of rotatable bonds is 16. The number of hydrogen-bond acceptors (Lipinski definition) is 8. The Kier molecular flexibility index (Phi) is 12.6. The first-order chi connectivity index (χ1) is 23.2. The van der Waals surface area contributed by atoms with Crippen LogP contribution in [0.2, 0.25) is 0 Å². The van der Waals surface area contributed by atoms with Gasteiger partial charge in [-0.25, -0.2) is 9.97 Å². The molecule has 1 aliphatic heterocycles. The van der Waals surface area contributed by atoms with Crippen molar-refractivity contribution in [3.63, 3.8) is 0 Å². The molecule has 5 rings (SSSR count). The van der Waals surface area contributed by atoms with Crippen LogP contribution in [-0.4, -0.2) is 61.4 Å². The first kappa shape index (κ1) is 35.9. The van der Waals surface area contributed by atoms with Crippen molar-refractivity contribution in [3.05, 3.63) is 64.1 Å². The summed E-state index contributed by atoms with van der Waals surface area (Å²) in [7, 11) is 3.61. The molecule has 1 fully saturated rings. The molecule has 0 bridgehead atoms. The SMILES string of the molecule is CNCc1ccccc1-c1csc(C(C)Nc2nc(C)nc3cc(OCCCCCCCN4CCC(C(F)(F)F)CC4)c(OC)cc23)c1. The second kappa shape index (κ2) is 16.8. The molecule has 11 heteroatoms. The number of fused-ring (bicyclic) bond motifs is 1. The van der Waals surface area contributed by atoms with Crippen LogP contribution in [0.4, 0.5) is 19.0 Å². The molecule has 1 saturated heterocycles. The number of alkyl halides is 3. The van der Waals surface area contributed by atoms with Gasteiger partial charge in [-0.05, 0) is 100 Å². The first-order valence-electron chi connectivity index (χ1n) is 17.0. The lowest BCUT2D eigenvalue weighted by atomic mass is 9.96. The largest absolute Gasteiger partial charge is 0.493 e. The monoisotopic (exact) mass is 683 g/mol. The lowest BCUT2D eigenvalue weighted by molar-refractivity contribution is -0.185. The quantitative estimate of drug-likeness (QED) is 0.114. The number of benzene rings is 2. The minimum Gasteiger partial charge on any atom is -0.493 e. The molecule has 3 heterocycles. The van der Waals surface area contributed by atoms with E-state index in [2.05, 4.69) is 58.2 Å². The van der Waals surface area contributed by atoms with Crippen LogP contribution in [0, 0.1) is 12.8 Å². The number of aromatic nitrogens is 2. The summed E-state index contributed by atoms with van der Waals surface area (Å²) in [6.45, 7) is 7.41. The number of nitrogens with zero attached hydrogens (tertiary/aromatic N) is 3. The fourth-order valence-electron chi connectivity index (χ4n) is 6.41. The smallest absolute Gasteiger partial charge is 0.391 e. The van der Waals surface area contributed by atoms with Crippen LogP contribution in [0.3, 0.4) is 0 Å². The van der Waals surface area contributed by atoms with Gasteiger partial charge in [0.1, 0.15) is 11.6 Å². The number of halogens is 3. The third kappa shape index (κ3) is 9.39. The molecule has 1 atom stereocenters. The van der Waals surface area contributed by atoms with Gasteiger partial charge in [0.25, 0.3) is 0 Å². The second-order valence-corrected chi connectivity index (χ2v) is 13.6. The van der Waals surface area contributed by atoms with Crippen molar-refractivity contribution < 1.29 is 22.6 Å². The zero-order chi connectivity index (χ0) is 34.1. The number of methoxy groups -OCH3 is 1. The third-order valence-electron chi connectivity index (χ3n) is 9.12. The molecule has 260 valence electrons. The summed E-state index contributed by atoms with van der Waals surface area (Å²) >= 11 is 1.74. The summed E-state index contributed by atoms with van der Waals surface area (Å²) in [6, 6.07) is 14.7. The first-order valence-corrected chi connectivity index (χ1v) is 17.9. The number of thiophene rings is 1. The Labute approximate surface area is 286 Å². The Morgan fingerprint density at radius 2 is 1.75 bits per heavy atom. The number of hydrogen-bond donors (Lipinski definition) is 2. The Hall–Kier alpha value is -3.41. The molecule has 1 unspecified atom stereocenters. The Morgan fingerprint density at radius 1 is 1.00 bits per heavy atom. The van der Waals surface area contributed by atoms with E-state index in [9.17, 15) is 13.2 Å². The highest BCUT2D eigenvalue weighted by Crippen LogP contribution is 2.37. The molecule has 0 spiro atoms. The Morgan fingerprint density at radius 3 is 2.50 bits per heavy atom. The van der Waals surface area contributed by atoms with Gasteiger partial charge >= 0.3 is 6.18 Å². The number of likely N-dealkylation sites (tertiary alicyclic amines) is 1. The van der Waals surface area contributed by atoms with Crippen molar-refractivity contribution >= 4 is 28.1 Å². The van der Waals surface area contributed by atoms with E-state index >= 15 is 0 Å². The maximum absolute atomic E-state index is 12.9. The number of ether oxygens (including phenoxy) is 2. The van der Waals surface area contributed by atoms with Gasteiger partial charge in [0.05, 0.1) is 31.2 Å². The summed E-state index contributed by atoms with van der Waals surface area (Å²) in [5, 5.41) is 9.97. The van der Waals surface area contributed by atoms with Gasteiger partial charge < -0.3 is 25.0 Å². The number of anilines is 1. The van der Waals surface area contributed by atoms with Crippen LogP contribution < -0.4 is 20.1 Å². The van der Waals surface area contributed by atoms with E-state index in [1.807, 2.05) is 26.1 Å². The van der Waals surface area contributed by atoms with E-state index in [0.29, 0.717) is 37.0 Å². The molecule has 2 aromatic heterocycles. The van der Waals surface area contributed by atoms with E-state index in [1.165, 1.54) is 21.6 Å². The molecule has 0 aliphatic carbocycles. The summed E-state index contributed by atoms with van der Waals surface area (Å²) in [5.41, 5.74) is 4.51. The zero-order valence-corrected chi connectivity index (χ0v) is 29.3. The summed E-state index contributed by atoms with van der Waals surface area (Å²) in [4.78, 5) is 12.9. The summed E-state index contributed by atoms with van der Waals surface area (Å²) in [6.07, 6.45) is 1.51. The maximum atomic E-state index is 12.9. The molecular weight excluding hydrogens is 636 g/mol. The van der Waals surface area contributed by atoms with Gasteiger partial charge in [-0.1, -0.05) is 43.5 Å². The molecule has 1 aliphatic rings. The Bertz CT molecular complexity index is 1620. The second-order valence-electron chi connectivity index (χ2n) is 12.7. The zero-order valence-electron chi connectivity index (χ0n) is 28.5. The standard InChI is InChI=1S/C37H48F3N5O2S/c1-25(35-20-28(24-48-35)30-13-9-8-12-27(30)23-41-3)42-36-31-21-33(46-4)34(22-32(31)43-26(2)44-36)47-19-11-7-5-6-10-16-45-17-14-29(15-18-45)37(38,39)40/h8-9,12-13,20-22,24-25,29,41H,5-7,10-11,14-19,23H2,1-4H3,(H,42,43,44). The van der Waals surface area contributed by atoms with Gasteiger partial charge in [0.2, 0.25) is 0 Å². The van der Waals surface area contributed by atoms with E-state index in [1.54, 1.807) is 18.4 Å². The maximum Gasteiger partial charge on any atom is 0.391 e. The average Bonchev–Trinajstić information content (AvgIpc) is 3.56. The van der Waals surface area contributed by atoms with Gasteiger partial charge in [0.15, 0.2) is 11.5 Å². The molecule has 4 aromatic rings. The average molecular weight is 684 g/mol. The number of nitrogens with one attached hydrogen (secondary N) is 2. The van der Waals surface area contributed by atoms with E-state index in [0.717, 1.165) is 61.9 Å². The van der Waals surface area contributed by atoms with Crippen molar-refractivity contribution in [1.29, 1.82) is 0 Å². The van der Waals surface area contributed by atoms with Crippen molar-refractivity contribution in [2.75, 3.05) is 45.7 Å². The molecule has 0 amide bonds. The van der Waals surface area contributed by atoms with Gasteiger partial charge in [-0.2, -0.15) is 13.2 Å². The van der Waals surface area contributed by atoms with E-state index in [4.69, 9.17) is 19.4 Å². The van der Waals surface area contributed by atoms with E-state index < -0.39 is 12.1 Å². The van der Waals surface area contributed by atoms with Gasteiger partial charge in [0, 0.05) is 22.9 Å². The Balaban J connectivity index is 1.13. The van der Waals surface area contributed by atoms with Crippen LogP contribution in [0.15, 0.2) is 47.8 Å². The predicted molar refractivity (Wildman–Crippen MR) is 189 cm³/mol. The van der Waals surface area contributed by atoms with Crippen molar-refractivity contribution in [1.82, 2.24) is 20.2 Å². The van der Waals surface area contributed by atoms with Crippen LogP contribution in [0.25, 0.3) is 22.0 Å². The van der Waals surface area contributed by atoms with Crippen molar-refractivity contribution in [2.45, 2.75) is 77.6 Å². The fraction of sp³-hybridized carbons (Fsp3) is 0.514. The molecule has 48 heavy (non-hydrogen) atoms. The normalized spacial score (nSPS) is 15.1. The predicted octanol–water partition coefficient (Wildman–Crippen LogP) is 9.17. The molecule has 2 N–H and O–H groups in total. The molecule has 2 aromatic carbocycles. The van der Waals surface area contributed by atoms with Crippen LogP contribution in [0.5, 0.6) is 11.5 Å². The number of piperidine rings is 1. The van der Waals surface area contributed by atoms with Crippen LogP contribution in [-0.2, 0) is 6.54 Å². The summed E-state index contributed by atoms with van der Waals surface area (Å²) in [5.74, 6) is 1.60. The van der Waals surface area contributed by atoms with Gasteiger partial charge in [-0.15, -0.1) is 11.3 Å².